The van der Waals surface area contributed by atoms with Crippen LogP contribution >= 0.6 is 11.3 Å². The topological polar surface area (TPSA) is 121 Å². The molecule has 2 atom stereocenters. The van der Waals surface area contributed by atoms with Crippen LogP contribution in [0.3, 0.4) is 0 Å². The maximum absolute atomic E-state index is 13.5. The lowest BCUT2D eigenvalue weighted by Gasteiger charge is -2.32. The maximum Gasteiger partial charge on any atom is 0.224 e. The molecule has 1 aliphatic rings. The molecule has 1 aliphatic heterocycles. The summed E-state index contributed by atoms with van der Waals surface area (Å²) >= 11 is 1.55. The smallest absolute Gasteiger partial charge is 0.224 e. The molecule has 2 N–H and O–H groups in total. The van der Waals surface area contributed by atoms with Crippen LogP contribution in [0.15, 0.2) is 30.4 Å². The lowest BCUT2D eigenvalue weighted by molar-refractivity contribution is -0.131. The molecule has 2 heterocycles. The van der Waals surface area contributed by atoms with Crippen LogP contribution < -0.4 is 10.6 Å². The highest BCUT2D eigenvalue weighted by atomic mass is 32.1. The minimum absolute atomic E-state index is 0.0418. The van der Waals surface area contributed by atoms with E-state index in [9.17, 15) is 14.4 Å². The van der Waals surface area contributed by atoms with E-state index >= 15 is 0 Å². The lowest BCUT2D eigenvalue weighted by Crippen LogP contribution is -2.46. The van der Waals surface area contributed by atoms with Gasteiger partial charge in [0, 0.05) is 45.6 Å². The second-order valence-electron chi connectivity index (χ2n) is 9.88. The molecule has 8 nitrogen and oxygen atoms in total. The van der Waals surface area contributed by atoms with E-state index in [1.165, 1.54) is 5.56 Å². The molecule has 0 aliphatic carbocycles. The average molecular weight is 525 g/mol. The number of fused-ring (bicyclic) bond motifs is 1. The van der Waals surface area contributed by atoms with Gasteiger partial charge in [-0.2, -0.15) is 5.26 Å². The van der Waals surface area contributed by atoms with Crippen LogP contribution in [0.5, 0.6) is 0 Å². The van der Waals surface area contributed by atoms with Gasteiger partial charge in [0.05, 0.1) is 26.7 Å². The van der Waals surface area contributed by atoms with Crippen LogP contribution in [0.25, 0.3) is 10.2 Å². The maximum atomic E-state index is 13.5. The van der Waals surface area contributed by atoms with Gasteiger partial charge in [-0.15, -0.1) is 11.3 Å². The number of aromatic nitrogens is 1. The third-order valence-electron chi connectivity index (χ3n) is 6.94. The standard InChI is InChI=1S/C28H36N4O4S/c1-17(2)20-5-6-23-25(13-20)37-27(31-23)15-21(14-26(34)30-4)28(35)32-22(19-9-11-36-12-10-19)7-8-24(33)18(3)16-29/h5-6,13,17,19,21-22H,3,7-12,14-15H2,1-2,4H3,(H,30,34)(H,32,35)/t21-,22+/m0/s1. The highest BCUT2D eigenvalue weighted by molar-refractivity contribution is 7.18. The predicted octanol–water partition coefficient (Wildman–Crippen LogP) is 4.05. The summed E-state index contributed by atoms with van der Waals surface area (Å²) in [5, 5.41) is 15.6. The van der Waals surface area contributed by atoms with Crippen molar-refractivity contribution in [3.63, 3.8) is 0 Å². The van der Waals surface area contributed by atoms with Gasteiger partial charge in [0.1, 0.15) is 6.07 Å². The number of hydrogen-bond acceptors (Lipinski definition) is 7. The number of benzene rings is 1. The van der Waals surface area contributed by atoms with E-state index in [4.69, 9.17) is 15.0 Å². The van der Waals surface area contributed by atoms with Crippen molar-refractivity contribution >= 4 is 39.2 Å². The Morgan fingerprint density at radius 2 is 2.00 bits per heavy atom. The molecule has 0 unspecified atom stereocenters. The first-order valence-electron chi connectivity index (χ1n) is 12.8. The van der Waals surface area contributed by atoms with Crippen LogP contribution in [-0.2, 0) is 25.5 Å². The first-order valence-corrected chi connectivity index (χ1v) is 13.6. The molecule has 1 aromatic carbocycles. The van der Waals surface area contributed by atoms with Crippen molar-refractivity contribution in [3.05, 3.63) is 40.9 Å². The number of amides is 2. The van der Waals surface area contributed by atoms with Gasteiger partial charge in [-0.3, -0.25) is 14.4 Å². The average Bonchev–Trinajstić information content (AvgIpc) is 3.31. The van der Waals surface area contributed by atoms with Gasteiger partial charge in [0.25, 0.3) is 0 Å². The fourth-order valence-electron chi connectivity index (χ4n) is 4.57. The van der Waals surface area contributed by atoms with Crippen molar-refractivity contribution in [2.75, 3.05) is 20.3 Å². The number of hydrogen-bond donors (Lipinski definition) is 2. The fraction of sp³-hybridized carbons (Fsp3) is 0.536. The molecule has 0 radical (unpaired) electrons. The minimum Gasteiger partial charge on any atom is -0.381 e. The number of carbonyl (C=O) groups excluding carboxylic acids is 3. The number of thiazole rings is 1. The van der Waals surface area contributed by atoms with E-state index < -0.39 is 5.92 Å². The van der Waals surface area contributed by atoms with Crippen molar-refractivity contribution in [3.8, 4) is 6.07 Å². The molecular formula is C28H36N4O4S. The van der Waals surface area contributed by atoms with E-state index in [1.54, 1.807) is 24.5 Å². The highest BCUT2D eigenvalue weighted by Gasteiger charge is 2.30. The van der Waals surface area contributed by atoms with Gasteiger partial charge in [0.2, 0.25) is 11.8 Å². The molecule has 1 aromatic heterocycles. The molecule has 1 saturated heterocycles. The molecule has 1 fully saturated rings. The number of rotatable bonds is 12. The molecule has 0 bridgehead atoms. The number of carbonyl (C=O) groups is 3. The fourth-order valence-corrected chi connectivity index (χ4v) is 5.67. The van der Waals surface area contributed by atoms with Crippen molar-refractivity contribution in [1.82, 2.24) is 15.6 Å². The Morgan fingerprint density at radius 1 is 1.27 bits per heavy atom. The summed E-state index contributed by atoms with van der Waals surface area (Å²) in [6.07, 6.45) is 2.47. The summed E-state index contributed by atoms with van der Waals surface area (Å²) in [7, 11) is 1.56. The number of nitrogens with one attached hydrogen (secondary N) is 2. The third kappa shape index (κ3) is 7.94. The first-order chi connectivity index (χ1) is 17.7. The monoisotopic (exact) mass is 524 g/mol. The lowest BCUT2D eigenvalue weighted by atomic mass is 9.87. The molecule has 198 valence electrons. The molecule has 37 heavy (non-hydrogen) atoms. The summed E-state index contributed by atoms with van der Waals surface area (Å²) in [5.74, 6) is -0.803. The van der Waals surface area contributed by atoms with Gasteiger partial charge in [-0.25, -0.2) is 4.98 Å². The molecular weight excluding hydrogens is 488 g/mol. The quantitative estimate of drug-likeness (QED) is 0.319. The van der Waals surface area contributed by atoms with Crippen molar-refractivity contribution in [1.29, 1.82) is 5.26 Å². The zero-order valence-electron chi connectivity index (χ0n) is 21.8. The summed E-state index contributed by atoms with van der Waals surface area (Å²) < 4.78 is 6.55. The van der Waals surface area contributed by atoms with Crippen molar-refractivity contribution in [2.45, 2.75) is 64.3 Å². The Balaban J connectivity index is 1.78. The summed E-state index contributed by atoms with van der Waals surface area (Å²) in [6, 6.07) is 7.76. The Hall–Kier alpha value is -3.09. The SMILES string of the molecule is C=C(C#N)C(=O)CC[C@@H](NC(=O)[C@@H](CC(=O)NC)Cc1nc2ccc(C(C)C)cc2s1)C1CCOCC1. The van der Waals surface area contributed by atoms with Crippen molar-refractivity contribution < 1.29 is 19.1 Å². The van der Waals surface area contributed by atoms with Crippen LogP contribution in [0, 0.1) is 23.2 Å². The number of ether oxygens (including phenoxy) is 1. The molecule has 9 heteroatoms. The van der Waals surface area contributed by atoms with E-state index in [2.05, 4.69) is 43.2 Å². The minimum atomic E-state index is -0.600. The van der Waals surface area contributed by atoms with E-state index in [-0.39, 0.29) is 48.0 Å². The normalized spacial score (nSPS) is 15.6. The van der Waals surface area contributed by atoms with Crippen LogP contribution in [0.4, 0.5) is 0 Å². The van der Waals surface area contributed by atoms with Gasteiger partial charge >= 0.3 is 0 Å². The Labute approximate surface area is 222 Å². The number of nitriles is 1. The molecule has 0 spiro atoms. The largest absolute Gasteiger partial charge is 0.381 e. The number of nitrogens with zero attached hydrogens (tertiary/aromatic N) is 2. The molecule has 2 aromatic rings. The van der Waals surface area contributed by atoms with Gasteiger partial charge in [-0.05, 0) is 48.8 Å². The van der Waals surface area contributed by atoms with Gasteiger partial charge < -0.3 is 15.4 Å². The Bertz CT molecular complexity index is 1180. The number of Topliss-reactive ketones (excluding diaryl/α,β-unsaturated/α-hetero) is 1. The summed E-state index contributed by atoms with van der Waals surface area (Å²) in [4.78, 5) is 42.8. The van der Waals surface area contributed by atoms with E-state index in [0.29, 0.717) is 32.0 Å². The molecule has 3 rings (SSSR count). The predicted molar refractivity (Wildman–Crippen MR) is 144 cm³/mol. The molecule has 2 amide bonds. The molecule has 0 saturated carbocycles. The number of allylic oxidation sites excluding steroid dienone is 1. The van der Waals surface area contributed by atoms with Crippen LogP contribution in [0.1, 0.15) is 62.4 Å². The highest BCUT2D eigenvalue weighted by Crippen LogP contribution is 2.29. The zero-order chi connectivity index (χ0) is 26.9. The van der Waals surface area contributed by atoms with E-state index in [0.717, 1.165) is 28.1 Å². The van der Waals surface area contributed by atoms with Gasteiger partial charge in [0.15, 0.2) is 5.78 Å². The van der Waals surface area contributed by atoms with Gasteiger partial charge in [-0.1, -0.05) is 26.5 Å². The number of ketones is 1. The van der Waals surface area contributed by atoms with Crippen molar-refractivity contribution in [2.24, 2.45) is 11.8 Å². The Kier molecular flexibility index (Phi) is 10.4. The van der Waals surface area contributed by atoms with Crippen LogP contribution in [-0.4, -0.2) is 48.9 Å². The van der Waals surface area contributed by atoms with Crippen LogP contribution in [0.2, 0.25) is 0 Å². The second kappa shape index (κ2) is 13.5. The third-order valence-corrected chi connectivity index (χ3v) is 7.98. The zero-order valence-corrected chi connectivity index (χ0v) is 22.7. The first kappa shape index (κ1) is 28.5. The summed E-state index contributed by atoms with van der Waals surface area (Å²) in [5.41, 5.74) is 2.04. The Morgan fingerprint density at radius 3 is 2.65 bits per heavy atom. The van der Waals surface area contributed by atoms with E-state index in [1.807, 2.05) is 6.07 Å². The second-order valence-corrected chi connectivity index (χ2v) is 11.0. The summed E-state index contributed by atoms with van der Waals surface area (Å²) in [6.45, 7) is 8.99.